The third-order valence-electron chi connectivity index (χ3n) is 2.82. The van der Waals surface area contributed by atoms with Gasteiger partial charge in [0.1, 0.15) is 6.10 Å². The topological polar surface area (TPSA) is 33.1 Å². The highest BCUT2D eigenvalue weighted by Crippen LogP contribution is 2.29. The molecule has 2 aromatic rings. The van der Waals surface area contributed by atoms with Gasteiger partial charge in [0.15, 0.2) is 0 Å². The third kappa shape index (κ3) is 2.48. The largest absolute Gasteiger partial charge is 0.384 e. The zero-order valence-electron chi connectivity index (χ0n) is 9.81. The van der Waals surface area contributed by atoms with Crippen LogP contribution in [0.5, 0.6) is 0 Å². The number of aliphatic hydroxyl groups excluding tert-OH is 1. The molecule has 2 nitrogen and oxygen atoms in total. The summed E-state index contributed by atoms with van der Waals surface area (Å²) >= 11 is 6.15. The molecule has 1 aromatic heterocycles. The highest BCUT2D eigenvalue weighted by atomic mass is 35.5. The van der Waals surface area contributed by atoms with Gasteiger partial charge in [-0.1, -0.05) is 23.7 Å². The van der Waals surface area contributed by atoms with Gasteiger partial charge >= 0.3 is 0 Å². The molecule has 2 rings (SSSR count). The predicted octanol–water partition coefficient (Wildman–Crippen LogP) is 3.43. The molecule has 1 N–H and O–H groups in total. The molecule has 0 aliphatic rings. The number of aliphatic hydroxyl groups is 1. The van der Waals surface area contributed by atoms with Crippen molar-refractivity contribution < 1.29 is 5.11 Å². The minimum atomic E-state index is -0.725. The molecular formula is C14H14ClNO. The van der Waals surface area contributed by atoms with E-state index in [0.717, 1.165) is 16.7 Å². The quantitative estimate of drug-likeness (QED) is 0.882. The van der Waals surface area contributed by atoms with Crippen molar-refractivity contribution in [2.24, 2.45) is 0 Å². The summed E-state index contributed by atoms with van der Waals surface area (Å²) in [6, 6.07) is 7.53. The first-order chi connectivity index (χ1) is 8.09. The second-order valence-electron chi connectivity index (χ2n) is 4.16. The van der Waals surface area contributed by atoms with Gasteiger partial charge in [-0.15, -0.1) is 0 Å². The molecule has 3 heteroatoms. The fourth-order valence-electron chi connectivity index (χ4n) is 1.78. The molecule has 0 spiro atoms. The number of pyridine rings is 1. The van der Waals surface area contributed by atoms with Crippen LogP contribution < -0.4 is 0 Å². The van der Waals surface area contributed by atoms with Gasteiger partial charge in [-0.2, -0.15) is 0 Å². The molecule has 0 bridgehead atoms. The number of aromatic nitrogens is 1. The van der Waals surface area contributed by atoms with Crippen LogP contribution >= 0.6 is 11.6 Å². The molecule has 1 unspecified atom stereocenters. The molecule has 0 saturated heterocycles. The zero-order valence-corrected chi connectivity index (χ0v) is 10.6. The predicted molar refractivity (Wildman–Crippen MR) is 69.2 cm³/mol. The van der Waals surface area contributed by atoms with E-state index < -0.39 is 6.10 Å². The molecule has 0 saturated carbocycles. The number of halogens is 1. The Balaban J connectivity index is 2.44. The van der Waals surface area contributed by atoms with Crippen molar-refractivity contribution in [2.45, 2.75) is 20.0 Å². The fourth-order valence-corrected chi connectivity index (χ4v) is 2.12. The third-order valence-corrected chi connectivity index (χ3v) is 3.15. The lowest BCUT2D eigenvalue weighted by Crippen LogP contribution is -2.03. The maximum absolute atomic E-state index is 10.3. The number of aryl methyl sites for hydroxylation is 2. The number of nitrogens with zero attached hydrogens (tertiary/aromatic N) is 1. The highest BCUT2D eigenvalue weighted by Gasteiger charge is 2.15. The number of rotatable bonds is 2. The summed E-state index contributed by atoms with van der Waals surface area (Å²) in [4.78, 5) is 4.04. The minimum Gasteiger partial charge on any atom is -0.384 e. The van der Waals surface area contributed by atoms with Crippen molar-refractivity contribution in [3.05, 3.63) is 63.9 Å². The van der Waals surface area contributed by atoms with Crippen LogP contribution in [-0.2, 0) is 0 Å². The summed E-state index contributed by atoms with van der Waals surface area (Å²) in [6.07, 6.45) is 2.66. The Hall–Kier alpha value is -1.38. The van der Waals surface area contributed by atoms with Crippen LogP contribution in [0.1, 0.15) is 28.4 Å². The molecule has 1 heterocycles. The van der Waals surface area contributed by atoms with E-state index in [0.29, 0.717) is 10.6 Å². The lowest BCUT2D eigenvalue weighted by molar-refractivity contribution is 0.219. The number of benzene rings is 1. The van der Waals surface area contributed by atoms with Crippen LogP contribution in [-0.4, -0.2) is 10.1 Å². The summed E-state index contributed by atoms with van der Waals surface area (Å²) in [7, 11) is 0. The second-order valence-corrected chi connectivity index (χ2v) is 4.57. The molecule has 1 aromatic carbocycles. The Labute approximate surface area is 106 Å². The van der Waals surface area contributed by atoms with Gasteiger partial charge in [0.05, 0.1) is 0 Å². The van der Waals surface area contributed by atoms with E-state index in [4.69, 9.17) is 11.6 Å². The first-order valence-electron chi connectivity index (χ1n) is 5.44. The van der Waals surface area contributed by atoms with E-state index in [-0.39, 0.29) is 0 Å². The lowest BCUT2D eigenvalue weighted by atomic mass is 9.99. The SMILES string of the molecule is Cc1ccc(C(O)c2cnccc2C)c(Cl)c1. The van der Waals surface area contributed by atoms with E-state index in [1.807, 2.05) is 38.1 Å². The minimum absolute atomic E-state index is 0.584. The van der Waals surface area contributed by atoms with Crippen LogP contribution in [0.15, 0.2) is 36.7 Å². The maximum Gasteiger partial charge on any atom is 0.107 e. The van der Waals surface area contributed by atoms with Crippen molar-refractivity contribution >= 4 is 11.6 Å². The average Bonchev–Trinajstić information content (AvgIpc) is 2.29. The van der Waals surface area contributed by atoms with Crippen molar-refractivity contribution in [1.29, 1.82) is 0 Å². The number of hydrogen-bond donors (Lipinski definition) is 1. The maximum atomic E-state index is 10.3. The Morgan fingerprint density at radius 2 is 1.94 bits per heavy atom. The summed E-state index contributed by atoms with van der Waals surface area (Å²) in [5.41, 5.74) is 3.59. The average molecular weight is 248 g/mol. The van der Waals surface area contributed by atoms with Crippen LogP contribution in [0.2, 0.25) is 5.02 Å². The first-order valence-corrected chi connectivity index (χ1v) is 5.82. The normalized spacial score (nSPS) is 12.5. The van der Waals surface area contributed by atoms with Gasteiger partial charge in [0, 0.05) is 28.5 Å². The Kier molecular flexibility index (Phi) is 3.46. The van der Waals surface area contributed by atoms with E-state index in [2.05, 4.69) is 4.98 Å². The molecule has 0 radical (unpaired) electrons. The number of hydrogen-bond acceptors (Lipinski definition) is 2. The molecule has 0 amide bonds. The fraction of sp³-hybridized carbons (Fsp3) is 0.214. The van der Waals surface area contributed by atoms with Crippen LogP contribution in [0.25, 0.3) is 0 Å². The second kappa shape index (κ2) is 4.86. The van der Waals surface area contributed by atoms with Gasteiger partial charge in [-0.25, -0.2) is 0 Å². The molecule has 17 heavy (non-hydrogen) atoms. The van der Waals surface area contributed by atoms with Crippen molar-refractivity contribution in [3.8, 4) is 0 Å². The molecule has 0 aliphatic carbocycles. The zero-order chi connectivity index (χ0) is 12.4. The van der Waals surface area contributed by atoms with Gasteiger partial charge in [0.25, 0.3) is 0 Å². The van der Waals surface area contributed by atoms with Crippen LogP contribution in [0, 0.1) is 13.8 Å². The standard InChI is InChI=1S/C14H14ClNO/c1-9-3-4-11(13(15)7-9)14(17)12-8-16-6-5-10(12)2/h3-8,14,17H,1-2H3. The summed E-state index contributed by atoms with van der Waals surface area (Å²) in [5, 5.41) is 10.9. The highest BCUT2D eigenvalue weighted by molar-refractivity contribution is 6.31. The van der Waals surface area contributed by atoms with Gasteiger partial charge < -0.3 is 5.11 Å². The lowest BCUT2D eigenvalue weighted by Gasteiger charge is -2.15. The molecule has 0 aliphatic heterocycles. The van der Waals surface area contributed by atoms with Gasteiger partial charge in [-0.3, -0.25) is 4.98 Å². The Bertz CT molecular complexity index is 539. The Morgan fingerprint density at radius 3 is 2.59 bits per heavy atom. The van der Waals surface area contributed by atoms with Crippen molar-refractivity contribution in [3.63, 3.8) is 0 Å². The van der Waals surface area contributed by atoms with E-state index >= 15 is 0 Å². The van der Waals surface area contributed by atoms with E-state index in [1.165, 1.54) is 0 Å². The summed E-state index contributed by atoms with van der Waals surface area (Å²) in [6.45, 7) is 3.92. The molecular weight excluding hydrogens is 234 g/mol. The monoisotopic (exact) mass is 247 g/mol. The molecule has 1 atom stereocenters. The van der Waals surface area contributed by atoms with E-state index in [1.54, 1.807) is 12.4 Å². The summed E-state index contributed by atoms with van der Waals surface area (Å²) < 4.78 is 0. The van der Waals surface area contributed by atoms with Gasteiger partial charge in [-0.05, 0) is 37.1 Å². The Morgan fingerprint density at radius 1 is 1.18 bits per heavy atom. The van der Waals surface area contributed by atoms with E-state index in [9.17, 15) is 5.11 Å². The smallest absolute Gasteiger partial charge is 0.107 e. The van der Waals surface area contributed by atoms with Crippen molar-refractivity contribution in [2.75, 3.05) is 0 Å². The molecule has 88 valence electrons. The van der Waals surface area contributed by atoms with Crippen LogP contribution in [0.3, 0.4) is 0 Å². The van der Waals surface area contributed by atoms with Crippen molar-refractivity contribution in [1.82, 2.24) is 4.98 Å². The summed E-state index contributed by atoms with van der Waals surface area (Å²) in [5.74, 6) is 0. The van der Waals surface area contributed by atoms with Gasteiger partial charge in [0.2, 0.25) is 0 Å². The van der Waals surface area contributed by atoms with Crippen LogP contribution in [0.4, 0.5) is 0 Å². The molecule has 0 fully saturated rings. The first kappa shape index (κ1) is 12.1.